The third kappa shape index (κ3) is 2.78. The predicted octanol–water partition coefficient (Wildman–Crippen LogP) is 0.194. The van der Waals surface area contributed by atoms with Crippen LogP contribution in [-0.4, -0.2) is 42.6 Å². The van der Waals surface area contributed by atoms with Crippen LogP contribution >= 0.6 is 0 Å². The highest BCUT2D eigenvalue weighted by Crippen LogP contribution is 2.07. The van der Waals surface area contributed by atoms with Crippen LogP contribution in [-0.2, 0) is 24.8 Å². The summed E-state index contributed by atoms with van der Waals surface area (Å²) < 4.78 is 8.07. The predicted molar refractivity (Wildman–Crippen MR) is 65.5 cm³/mol. The van der Waals surface area contributed by atoms with Crippen LogP contribution < -0.4 is 0 Å². The molecule has 8 nitrogen and oxygen atoms in total. The number of aromatic nitrogens is 6. The molecule has 8 heteroatoms. The maximum Gasteiger partial charge on any atom is 0.378 e. The Morgan fingerprint density at radius 2 is 2.21 bits per heavy atom. The molecule has 0 unspecified atom stereocenters. The van der Waals surface area contributed by atoms with Gasteiger partial charge in [0.05, 0.1) is 24.5 Å². The standard InChI is InChI=1S/C11H16N6O2/c1-4-8-6-9(16(3)13-8)7-17-10(12-14-15-17)11(18)19-5-2/h6H,4-5,7H2,1-3H3. The largest absolute Gasteiger partial charge is 0.460 e. The van der Waals surface area contributed by atoms with Crippen LogP contribution in [0.1, 0.15) is 35.9 Å². The summed E-state index contributed by atoms with van der Waals surface area (Å²) >= 11 is 0. The van der Waals surface area contributed by atoms with Crippen LogP contribution in [0.4, 0.5) is 0 Å². The molecule has 2 heterocycles. The number of ether oxygens (including phenoxy) is 1. The lowest BCUT2D eigenvalue weighted by Crippen LogP contribution is -2.16. The van der Waals surface area contributed by atoms with E-state index in [4.69, 9.17) is 4.74 Å². The Bertz CT molecular complexity index is 574. The van der Waals surface area contributed by atoms with Crippen molar-refractivity contribution in [3.8, 4) is 0 Å². The molecule has 0 spiro atoms. The van der Waals surface area contributed by atoms with Gasteiger partial charge in [-0.1, -0.05) is 6.92 Å². The molecule has 0 saturated carbocycles. The van der Waals surface area contributed by atoms with Gasteiger partial charge in [-0.3, -0.25) is 4.68 Å². The lowest BCUT2D eigenvalue weighted by Gasteiger charge is -2.04. The van der Waals surface area contributed by atoms with E-state index in [2.05, 4.69) is 20.6 Å². The van der Waals surface area contributed by atoms with Gasteiger partial charge in [0.2, 0.25) is 0 Å². The quantitative estimate of drug-likeness (QED) is 0.716. The highest BCUT2D eigenvalue weighted by molar-refractivity contribution is 5.85. The van der Waals surface area contributed by atoms with E-state index < -0.39 is 5.97 Å². The van der Waals surface area contributed by atoms with E-state index in [1.807, 2.05) is 20.0 Å². The SMILES string of the molecule is CCOC(=O)c1nnnn1Cc1cc(CC)nn1C. The Kier molecular flexibility index (Phi) is 3.88. The van der Waals surface area contributed by atoms with Gasteiger partial charge in [-0.2, -0.15) is 5.10 Å². The van der Waals surface area contributed by atoms with Crippen LogP contribution in [0.15, 0.2) is 6.07 Å². The number of hydrogen-bond acceptors (Lipinski definition) is 6. The van der Waals surface area contributed by atoms with Crippen molar-refractivity contribution < 1.29 is 9.53 Å². The number of hydrogen-bond donors (Lipinski definition) is 0. The monoisotopic (exact) mass is 264 g/mol. The average Bonchev–Trinajstić information content (AvgIpc) is 2.98. The van der Waals surface area contributed by atoms with Crippen molar-refractivity contribution in [2.45, 2.75) is 26.8 Å². The fourth-order valence-corrected chi connectivity index (χ4v) is 1.70. The van der Waals surface area contributed by atoms with Gasteiger partial charge in [0, 0.05) is 7.05 Å². The summed E-state index contributed by atoms with van der Waals surface area (Å²) in [6.45, 7) is 4.44. The minimum atomic E-state index is -0.523. The van der Waals surface area contributed by atoms with Gasteiger partial charge in [0.1, 0.15) is 0 Å². The van der Waals surface area contributed by atoms with Gasteiger partial charge in [0.15, 0.2) is 0 Å². The molecule has 0 aliphatic carbocycles. The van der Waals surface area contributed by atoms with Crippen molar-refractivity contribution in [3.05, 3.63) is 23.3 Å². The Morgan fingerprint density at radius 3 is 2.84 bits per heavy atom. The molecular formula is C11H16N6O2. The molecule has 0 N–H and O–H groups in total. The number of aryl methyl sites for hydroxylation is 2. The lowest BCUT2D eigenvalue weighted by atomic mass is 10.3. The summed E-state index contributed by atoms with van der Waals surface area (Å²) in [5.74, 6) is -0.425. The maximum atomic E-state index is 11.7. The Balaban J connectivity index is 2.21. The fourth-order valence-electron chi connectivity index (χ4n) is 1.70. The van der Waals surface area contributed by atoms with Crippen LogP contribution in [0.2, 0.25) is 0 Å². The van der Waals surface area contributed by atoms with E-state index in [0.29, 0.717) is 6.54 Å². The van der Waals surface area contributed by atoms with Gasteiger partial charge in [-0.05, 0) is 29.8 Å². The van der Waals surface area contributed by atoms with Crippen LogP contribution in [0, 0.1) is 0 Å². The summed E-state index contributed by atoms with van der Waals surface area (Å²) in [6, 6.07) is 1.97. The molecule has 2 aromatic rings. The highest BCUT2D eigenvalue weighted by atomic mass is 16.5. The molecule has 19 heavy (non-hydrogen) atoms. The Labute approximate surface area is 110 Å². The highest BCUT2D eigenvalue weighted by Gasteiger charge is 2.17. The van der Waals surface area contributed by atoms with E-state index in [1.165, 1.54) is 4.68 Å². The molecule has 0 radical (unpaired) electrons. The van der Waals surface area contributed by atoms with Crippen molar-refractivity contribution in [2.75, 3.05) is 6.61 Å². The molecule has 0 aliphatic heterocycles. The van der Waals surface area contributed by atoms with Crippen molar-refractivity contribution >= 4 is 5.97 Å². The van der Waals surface area contributed by atoms with Gasteiger partial charge >= 0.3 is 5.97 Å². The van der Waals surface area contributed by atoms with Gasteiger partial charge in [-0.15, -0.1) is 5.10 Å². The van der Waals surface area contributed by atoms with Gasteiger partial charge < -0.3 is 4.74 Å². The van der Waals surface area contributed by atoms with Crippen molar-refractivity contribution in [1.29, 1.82) is 0 Å². The summed E-state index contributed by atoms with van der Waals surface area (Å²) in [7, 11) is 1.85. The number of tetrazole rings is 1. The number of rotatable bonds is 5. The molecule has 0 atom stereocenters. The molecule has 2 rings (SSSR count). The number of esters is 1. The molecule has 0 bridgehead atoms. The first-order valence-electron chi connectivity index (χ1n) is 6.10. The van der Waals surface area contributed by atoms with E-state index in [-0.39, 0.29) is 12.4 Å². The summed E-state index contributed by atoms with van der Waals surface area (Å²) in [5.41, 5.74) is 1.91. The third-order valence-electron chi connectivity index (χ3n) is 2.69. The number of nitrogens with zero attached hydrogens (tertiary/aromatic N) is 6. The van der Waals surface area contributed by atoms with Crippen LogP contribution in [0.25, 0.3) is 0 Å². The third-order valence-corrected chi connectivity index (χ3v) is 2.69. The molecule has 102 valence electrons. The van der Waals surface area contributed by atoms with E-state index in [9.17, 15) is 4.79 Å². The Morgan fingerprint density at radius 1 is 1.42 bits per heavy atom. The van der Waals surface area contributed by atoms with Crippen molar-refractivity contribution in [1.82, 2.24) is 30.0 Å². The normalized spacial score (nSPS) is 10.7. The van der Waals surface area contributed by atoms with Crippen molar-refractivity contribution in [3.63, 3.8) is 0 Å². The van der Waals surface area contributed by atoms with Gasteiger partial charge in [0.25, 0.3) is 5.82 Å². The Hall–Kier alpha value is -2.25. The number of carbonyl (C=O) groups excluding carboxylic acids is 1. The first-order chi connectivity index (χ1) is 9.15. The van der Waals surface area contributed by atoms with Crippen molar-refractivity contribution in [2.24, 2.45) is 7.05 Å². The molecule has 2 aromatic heterocycles. The average molecular weight is 264 g/mol. The minimum Gasteiger partial charge on any atom is -0.460 e. The lowest BCUT2D eigenvalue weighted by molar-refractivity contribution is 0.0505. The zero-order valence-electron chi connectivity index (χ0n) is 11.2. The summed E-state index contributed by atoms with van der Waals surface area (Å²) in [6.07, 6.45) is 0.855. The second kappa shape index (κ2) is 5.59. The van der Waals surface area contributed by atoms with E-state index in [0.717, 1.165) is 17.8 Å². The summed E-state index contributed by atoms with van der Waals surface area (Å²) in [4.78, 5) is 11.7. The first kappa shape index (κ1) is 13.2. The number of carbonyl (C=O) groups is 1. The fraction of sp³-hybridized carbons (Fsp3) is 0.545. The zero-order valence-corrected chi connectivity index (χ0v) is 11.2. The molecule has 0 saturated heterocycles. The molecule has 0 aromatic carbocycles. The second-order valence-corrected chi connectivity index (χ2v) is 3.98. The summed E-state index contributed by atoms with van der Waals surface area (Å²) in [5, 5.41) is 15.3. The maximum absolute atomic E-state index is 11.7. The molecule has 0 aliphatic rings. The van der Waals surface area contributed by atoms with Crippen LogP contribution in [0.5, 0.6) is 0 Å². The van der Waals surface area contributed by atoms with E-state index >= 15 is 0 Å². The minimum absolute atomic E-state index is 0.0982. The molecular weight excluding hydrogens is 248 g/mol. The van der Waals surface area contributed by atoms with E-state index in [1.54, 1.807) is 11.6 Å². The second-order valence-electron chi connectivity index (χ2n) is 3.98. The molecule has 0 amide bonds. The topological polar surface area (TPSA) is 87.7 Å². The van der Waals surface area contributed by atoms with Gasteiger partial charge in [-0.25, -0.2) is 9.48 Å². The van der Waals surface area contributed by atoms with Crippen LogP contribution in [0.3, 0.4) is 0 Å². The zero-order chi connectivity index (χ0) is 13.8. The smallest absolute Gasteiger partial charge is 0.378 e. The first-order valence-corrected chi connectivity index (χ1v) is 6.10. The molecule has 0 fully saturated rings.